The van der Waals surface area contributed by atoms with Crippen molar-refractivity contribution in [3.8, 4) is 0 Å². The fraction of sp³-hybridized carbons (Fsp3) is 0.889. The topological polar surface area (TPSA) is 20.3 Å². The molecule has 1 amide bonds. The van der Waals surface area contributed by atoms with Crippen LogP contribution in [-0.2, 0) is 4.79 Å². The van der Waals surface area contributed by atoms with Gasteiger partial charge in [0.05, 0.1) is 4.75 Å². The van der Waals surface area contributed by atoms with Gasteiger partial charge in [-0.25, -0.2) is 0 Å². The minimum absolute atomic E-state index is 0.200. The standard InChI is InChI=1S/C9H17NOS/c1-3-9(2,12)8(11)10-6-4-5-7-10/h12H,3-7H2,1-2H3. The molecule has 0 N–H and O–H groups in total. The highest BCUT2D eigenvalue weighted by Gasteiger charge is 2.32. The van der Waals surface area contributed by atoms with E-state index < -0.39 is 4.75 Å². The second kappa shape index (κ2) is 3.69. The van der Waals surface area contributed by atoms with E-state index in [0.717, 1.165) is 32.4 Å². The van der Waals surface area contributed by atoms with E-state index in [1.54, 1.807) is 0 Å². The zero-order valence-corrected chi connectivity index (χ0v) is 8.73. The lowest BCUT2D eigenvalue weighted by molar-refractivity contribution is -0.132. The number of hydrogen-bond acceptors (Lipinski definition) is 2. The van der Waals surface area contributed by atoms with Gasteiger partial charge in [0.2, 0.25) is 5.91 Å². The fourth-order valence-corrected chi connectivity index (χ4v) is 1.55. The van der Waals surface area contributed by atoms with E-state index in [1.807, 2.05) is 18.7 Å². The fourth-order valence-electron chi connectivity index (χ4n) is 1.41. The number of likely N-dealkylation sites (tertiary alicyclic amines) is 1. The molecule has 70 valence electrons. The lowest BCUT2D eigenvalue weighted by Crippen LogP contribution is -2.41. The van der Waals surface area contributed by atoms with Crippen LogP contribution in [0.3, 0.4) is 0 Å². The second-order valence-electron chi connectivity index (χ2n) is 3.63. The average Bonchev–Trinajstić information content (AvgIpc) is 2.55. The molecule has 1 unspecified atom stereocenters. The molecule has 1 saturated heterocycles. The van der Waals surface area contributed by atoms with Crippen LogP contribution >= 0.6 is 12.6 Å². The van der Waals surface area contributed by atoms with Gasteiger partial charge in [0, 0.05) is 13.1 Å². The largest absolute Gasteiger partial charge is 0.342 e. The molecule has 0 aliphatic carbocycles. The first-order valence-corrected chi connectivity index (χ1v) is 5.04. The van der Waals surface area contributed by atoms with Gasteiger partial charge in [-0.3, -0.25) is 4.79 Å². The van der Waals surface area contributed by atoms with Gasteiger partial charge in [-0.1, -0.05) is 6.92 Å². The van der Waals surface area contributed by atoms with Gasteiger partial charge in [0.25, 0.3) is 0 Å². The van der Waals surface area contributed by atoms with Gasteiger partial charge in [0.15, 0.2) is 0 Å². The molecule has 1 rings (SSSR count). The Morgan fingerprint density at radius 1 is 1.50 bits per heavy atom. The molecule has 0 saturated carbocycles. The summed E-state index contributed by atoms with van der Waals surface area (Å²) in [6, 6.07) is 0. The molecule has 2 nitrogen and oxygen atoms in total. The summed E-state index contributed by atoms with van der Waals surface area (Å²) in [6.45, 7) is 5.75. The number of carbonyl (C=O) groups excluding carboxylic acids is 1. The first-order valence-electron chi connectivity index (χ1n) is 4.59. The van der Waals surface area contributed by atoms with Crippen molar-refractivity contribution in [2.75, 3.05) is 13.1 Å². The zero-order chi connectivity index (χ0) is 9.19. The zero-order valence-electron chi connectivity index (χ0n) is 7.84. The number of thiol groups is 1. The second-order valence-corrected chi connectivity index (χ2v) is 4.61. The lowest BCUT2D eigenvalue weighted by atomic mass is 10.1. The molecule has 1 heterocycles. The minimum atomic E-state index is -0.454. The number of amides is 1. The third-order valence-electron chi connectivity index (χ3n) is 2.54. The van der Waals surface area contributed by atoms with Crippen LogP contribution in [0.2, 0.25) is 0 Å². The Bertz CT molecular complexity index is 173. The molecule has 1 aliphatic heterocycles. The normalized spacial score (nSPS) is 22.4. The van der Waals surface area contributed by atoms with Crippen LogP contribution in [0.25, 0.3) is 0 Å². The van der Waals surface area contributed by atoms with Crippen molar-refractivity contribution in [1.29, 1.82) is 0 Å². The van der Waals surface area contributed by atoms with E-state index in [1.165, 1.54) is 0 Å². The van der Waals surface area contributed by atoms with Gasteiger partial charge in [-0.15, -0.1) is 0 Å². The molecule has 12 heavy (non-hydrogen) atoms. The Morgan fingerprint density at radius 2 is 2.00 bits per heavy atom. The highest BCUT2D eigenvalue weighted by atomic mass is 32.1. The summed E-state index contributed by atoms with van der Waals surface area (Å²) in [4.78, 5) is 13.7. The molecule has 0 aromatic carbocycles. The Morgan fingerprint density at radius 3 is 2.42 bits per heavy atom. The Hall–Kier alpha value is -0.180. The average molecular weight is 187 g/mol. The molecule has 0 bridgehead atoms. The summed E-state index contributed by atoms with van der Waals surface area (Å²) in [5.41, 5.74) is 0. The summed E-state index contributed by atoms with van der Waals surface area (Å²) < 4.78 is -0.454. The third kappa shape index (κ3) is 1.94. The van der Waals surface area contributed by atoms with Gasteiger partial charge in [-0.2, -0.15) is 12.6 Å². The van der Waals surface area contributed by atoms with Crippen molar-refractivity contribution < 1.29 is 4.79 Å². The molecular weight excluding hydrogens is 170 g/mol. The predicted molar refractivity (Wildman–Crippen MR) is 53.5 cm³/mol. The third-order valence-corrected chi connectivity index (χ3v) is 3.05. The predicted octanol–water partition coefficient (Wildman–Crippen LogP) is 1.71. The maximum absolute atomic E-state index is 11.7. The molecule has 0 aromatic rings. The maximum atomic E-state index is 11.7. The van der Waals surface area contributed by atoms with E-state index in [-0.39, 0.29) is 5.91 Å². The van der Waals surface area contributed by atoms with Crippen molar-refractivity contribution in [3.05, 3.63) is 0 Å². The molecule has 1 atom stereocenters. The first kappa shape index (κ1) is 9.90. The van der Waals surface area contributed by atoms with Crippen LogP contribution in [0.4, 0.5) is 0 Å². The van der Waals surface area contributed by atoms with Gasteiger partial charge < -0.3 is 4.90 Å². The van der Waals surface area contributed by atoms with Crippen molar-refractivity contribution in [2.24, 2.45) is 0 Å². The first-order chi connectivity index (χ1) is 5.58. The summed E-state index contributed by atoms with van der Waals surface area (Å²) in [5, 5.41) is 0. The molecule has 3 heteroatoms. The van der Waals surface area contributed by atoms with Gasteiger partial charge in [-0.05, 0) is 26.2 Å². The molecule has 0 radical (unpaired) electrons. The highest BCUT2D eigenvalue weighted by Crippen LogP contribution is 2.23. The monoisotopic (exact) mass is 187 g/mol. The van der Waals surface area contributed by atoms with Crippen molar-refractivity contribution in [2.45, 2.75) is 37.9 Å². The van der Waals surface area contributed by atoms with Gasteiger partial charge in [0.1, 0.15) is 0 Å². The maximum Gasteiger partial charge on any atom is 0.238 e. The van der Waals surface area contributed by atoms with Crippen LogP contribution in [0, 0.1) is 0 Å². The summed E-state index contributed by atoms with van der Waals surface area (Å²) in [5.74, 6) is 0.200. The SMILES string of the molecule is CCC(C)(S)C(=O)N1CCCC1. The number of rotatable bonds is 2. The number of carbonyl (C=O) groups is 1. The van der Waals surface area contributed by atoms with Crippen molar-refractivity contribution >= 4 is 18.5 Å². The minimum Gasteiger partial charge on any atom is -0.342 e. The Balaban J connectivity index is 2.56. The van der Waals surface area contributed by atoms with Crippen LogP contribution in [-0.4, -0.2) is 28.6 Å². The molecule has 1 fully saturated rings. The quantitative estimate of drug-likeness (QED) is 0.653. The van der Waals surface area contributed by atoms with Crippen molar-refractivity contribution in [1.82, 2.24) is 4.90 Å². The summed E-state index contributed by atoms with van der Waals surface area (Å²) in [6.07, 6.45) is 3.10. The molecule has 0 spiro atoms. The van der Waals surface area contributed by atoms with Crippen LogP contribution in [0.1, 0.15) is 33.1 Å². The van der Waals surface area contributed by atoms with E-state index in [9.17, 15) is 4.79 Å². The molecule has 1 aliphatic rings. The van der Waals surface area contributed by atoms with Crippen LogP contribution in [0.5, 0.6) is 0 Å². The Labute approximate surface area is 79.7 Å². The van der Waals surface area contributed by atoms with Crippen LogP contribution in [0.15, 0.2) is 0 Å². The van der Waals surface area contributed by atoms with E-state index in [2.05, 4.69) is 12.6 Å². The highest BCUT2D eigenvalue weighted by molar-refractivity contribution is 7.82. The smallest absolute Gasteiger partial charge is 0.238 e. The Kier molecular flexibility index (Phi) is 3.04. The van der Waals surface area contributed by atoms with E-state index >= 15 is 0 Å². The lowest BCUT2D eigenvalue weighted by Gasteiger charge is -2.26. The summed E-state index contributed by atoms with van der Waals surface area (Å²) in [7, 11) is 0. The molecular formula is C9H17NOS. The van der Waals surface area contributed by atoms with Crippen LogP contribution < -0.4 is 0 Å². The van der Waals surface area contributed by atoms with E-state index in [0.29, 0.717) is 0 Å². The van der Waals surface area contributed by atoms with E-state index in [4.69, 9.17) is 0 Å². The molecule has 0 aromatic heterocycles. The van der Waals surface area contributed by atoms with Crippen molar-refractivity contribution in [3.63, 3.8) is 0 Å². The number of hydrogen-bond donors (Lipinski definition) is 1. The summed E-state index contributed by atoms with van der Waals surface area (Å²) >= 11 is 4.37. The van der Waals surface area contributed by atoms with Gasteiger partial charge >= 0.3 is 0 Å². The number of nitrogens with zero attached hydrogens (tertiary/aromatic N) is 1.